The molecule has 0 atom stereocenters. The first kappa shape index (κ1) is 14.0. The zero-order chi connectivity index (χ0) is 14.2. The van der Waals surface area contributed by atoms with Crippen LogP contribution in [0.5, 0.6) is 0 Å². The highest BCUT2D eigenvalue weighted by atomic mass is 32.1. The van der Waals surface area contributed by atoms with Crippen molar-refractivity contribution >= 4 is 17.2 Å². The van der Waals surface area contributed by atoms with Gasteiger partial charge in [-0.15, -0.1) is 11.3 Å². The van der Waals surface area contributed by atoms with Gasteiger partial charge in [0.15, 0.2) is 0 Å². The summed E-state index contributed by atoms with van der Waals surface area (Å²) in [5, 5.41) is 2.15. The van der Waals surface area contributed by atoms with Crippen molar-refractivity contribution in [3.05, 3.63) is 22.4 Å². The van der Waals surface area contributed by atoms with E-state index in [9.17, 15) is 4.79 Å². The van der Waals surface area contributed by atoms with Gasteiger partial charge in [0.25, 0.3) is 0 Å². The average molecular weight is 293 g/mol. The van der Waals surface area contributed by atoms with E-state index in [1.807, 2.05) is 25.4 Å². The summed E-state index contributed by atoms with van der Waals surface area (Å²) in [6, 6.07) is 4.34. The van der Waals surface area contributed by atoms with Crippen molar-refractivity contribution in [3.8, 4) is 0 Å². The lowest BCUT2D eigenvalue weighted by molar-refractivity contribution is -0.129. The molecule has 0 unspecified atom stereocenters. The fraction of sp³-hybridized carbons (Fsp3) is 0.667. The quantitative estimate of drug-likeness (QED) is 0.838. The molecule has 0 saturated carbocycles. The van der Waals surface area contributed by atoms with E-state index in [4.69, 9.17) is 0 Å². The van der Waals surface area contributed by atoms with E-state index in [2.05, 4.69) is 27.3 Å². The molecule has 2 aliphatic heterocycles. The first-order chi connectivity index (χ1) is 9.56. The van der Waals surface area contributed by atoms with Crippen LogP contribution in [0.2, 0.25) is 0 Å². The third-order valence-corrected chi connectivity index (χ3v) is 5.31. The third kappa shape index (κ3) is 2.90. The summed E-state index contributed by atoms with van der Waals surface area (Å²) in [5.41, 5.74) is 0.462. The molecule has 4 nitrogen and oxygen atoms in total. The second kappa shape index (κ2) is 5.47. The van der Waals surface area contributed by atoms with Crippen molar-refractivity contribution in [2.45, 2.75) is 13.0 Å². The number of carbonyl (C=O) groups excluding carboxylic acids is 1. The van der Waals surface area contributed by atoms with E-state index >= 15 is 0 Å². The predicted octanol–water partition coefficient (Wildman–Crippen LogP) is 1.34. The standard InChI is InChI=1S/C15H23N3OS/c1-16(2)14(19)9-17-6-5-15(10-17)11-18(12-15)8-13-4-3-7-20-13/h3-4,7H,5-6,8-12H2,1-2H3. The molecule has 1 aromatic rings. The van der Waals surface area contributed by atoms with Crippen molar-refractivity contribution in [1.82, 2.24) is 14.7 Å². The lowest BCUT2D eigenvalue weighted by Crippen LogP contribution is -2.57. The van der Waals surface area contributed by atoms with Gasteiger partial charge in [-0.05, 0) is 24.4 Å². The van der Waals surface area contributed by atoms with Crippen molar-refractivity contribution in [2.75, 3.05) is 46.8 Å². The predicted molar refractivity (Wildman–Crippen MR) is 81.8 cm³/mol. The molecule has 0 bridgehead atoms. The molecule has 2 saturated heterocycles. The molecule has 3 rings (SSSR count). The zero-order valence-electron chi connectivity index (χ0n) is 12.3. The fourth-order valence-corrected chi connectivity index (χ4v) is 4.14. The highest BCUT2D eigenvalue weighted by Gasteiger charge is 2.47. The van der Waals surface area contributed by atoms with E-state index < -0.39 is 0 Å². The topological polar surface area (TPSA) is 26.8 Å². The van der Waals surface area contributed by atoms with Crippen LogP contribution in [0.25, 0.3) is 0 Å². The Morgan fingerprint density at radius 1 is 1.35 bits per heavy atom. The number of likely N-dealkylation sites (tertiary alicyclic amines) is 2. The van der Waals surface area contributed by atoms with Crippen LogP contribution in [-0.4, -0.2) is 67.4 Å². The number of nitrogens with zero attached hydrogens (tertiary/aromatic N) is 3. The summed E-state index contributed by atoms with van der Waals surface area (Å²) < 4.78 is 0. The van der Waals surface area contributed by atoms with Gasteiger partial charge >= 0.3 is 0 Å². The fourth-order valence-electron chi connectivity index (χ4n) is 3.39. The summed E-state index contributed by atoms with van der Waals surface area (Å²) in [7, 11) is 3.67. The summed E-state index contributed by atoms with van der Waals surface area (Å²) in [5.74, 6) is 0.219. The molecule has 20 heavy (non-hydrogen) atoms. The molecular weight excluding hydrogens is 270 g/mol. The van der Waals surface area contributed by atoms with Gasteiger partial charge in [-0.3, -0.25) is 14.6 Å². The third-order valence-electron chi connectivity index (χ3n) is 4.45. The Morgan fingerprint density at radius 2 is 2.10 bits per heavy atom. The minimum atomic E-state index is 0.219. The summed E-state index contributed by atoms with van der Waals surface area (Å²) >= 11 is 1.84. The molecule has 1 amide bonds. The molecule has 1 spiro atoms. The Kier molecular flexibility index (Phi) is 3.84. The van der Waals surface area contributed by atoms with E-state index in [-0.39, 0.29) is 5.91 Å². The van der Waals surface area contributed by atoms with Crippen LogP contribution in [0.1, 0.15) is 11.3 Å². The number of likely N-dealkylation sites (N-methyl/N-ethyl adjacent to an activating group) is 1. The van der Waals surface area contributed by atoms with Gasteiger partial charge in [-0.2, -0.15) is 0 Å². The van der Waals surface area contributed by atoms with Gasteiger partial charge in [0.1, 0.15) is 0 Å². The van der Waals surface area contributed by atoms with Crippen molar-refractivity contribution in [1.29, 1.82) is 0 Å². The van der Waals surface area contributed by atoms with Crippen molar-refractivity contribution in [3.63, 3.8) is 0 Å². The van der Waals surface area contributed by atoms with Crippen LogP contribution in [0, 0.1) is 5.41 Å². The van der Waals surface area contributed by atoms with E-state index in [0.29, 0.717) is 12.0 Å². The van der Waals surface area contributed by atoms with Gasteiger partial charge in [-0.1, -0.05) is 6.07 Å². The maximum absolute atomic E-state index is 11.8. The number of carbonyl (C=O) groups is 1. The van der Waals surface area contributed by atoms with Crippen LogP contribution in [-0.2, 0) is 11.3 Å². The van der Waals surface area contributed by atoms with Crippen LogP contribution in [0.4, 0.5) is 0 Å². The maximum Gasteiger partial charge on any atom is 0.236 e. The Labute approximate surface area is 125 Å². The lowest BCUT2D eigenvalue weighted by atomic mass is 9.79. The first-order valence-electron chi connectivity index (χ1n) is 7.24. The summed E-state index contributed by atoms with van der Waals surface area (Å²) in [6.45, 7) is 6.23. The smallest absolute Gasteiger partial charge is 0.236 e. The molecule has 5 heteroatoms. The zero-order valence-corrected chi connectivity index (χ0v) is 13.2. The van der Waals surface area contributed by atoms with Crippen molar-refractivity contribution < 1.29 is 4.79 Å². The number of hydrogen-bond donors (Lipinski definition) is 0. The second-order valence-corrected chi connectivity index (χ2v) is 7.51. The molecule has 2 aliphatic rings. The Bertz CT molecular complexity index is 465. The average Bonchev–Trinajstić information content (AvgIpc) is 2.98. The van der Waals surface area contributed by atoms with Gasteiger partial charge in [-0.25, -0.2) is 0 Å². The summed E-state index contributed by atoms with van der Waals surface area (Å²) in [6.07, 6.45) is 1.24. The minimum absolute atomic E-state index is 0.219. The van der Waals surface area contributed by atoms with E-state index in [1.165, 1.54) is 24.4 Å². The molecular formula is C15H23N3OS. The summed E-state index contributed by atoms with van der Waals surface area (Å²) in [4.78, 5) is 19.8. The van der Waals surface area contributed by atoms with Crippen molar-refractivity contribution in [2.24, 2.45) is 5.41 Å². The van der Waals surface area contributed by atoms with Crippen LogP contribution < -0.4 is 0 Å². The van der Waals surface area contributed by atoms with Gasteiger partial charge in [0.05, 0.1) is 6.54 Å². The first-order valence-corrected chi connectivity index (χ1v) is 8.12. The maximum atomic E-state index is 11.8. The number of amides is 1. The number of thiophene rings is 1. The van der Waals surface area contributed by atoms with E-state index in [1.54, 1.807) is 4.90 Å². The largest absolute Gasteiger partial charge is 0.348 e. The van der Waals surface area contributed by atoms with Crippen LogP contribution in [0.15, 0.2) is 17.5 Å². The van der Waals surface area contributed by atoms with Gasteiger partial charge in [0, 0.05) is 50.6 Å². The molecule has 110 valence electrons. The SMILES string of the molecule is CN(C)C(=O)CN1CCC2(C1)CN(Cc1cccs1)C2. The monoisotopic (exact) mass is 293 g/mol. The Balaban J connectivity index is 1.46. The Hall–Kier alpha value is -0.910. The van der Waals surface area contributed by atoms with Crippen LogP contribution in [0.3, 0.4) is 0 Å². The van der Waals surface area contributed by atoms with Gasteiger partial charge in [0.2, 0.25) is 5.91 Å². The van der Waals surface area contributed by atoms with E-state index in [0.717, 1.165) is 19.6 Å². The Morgan fingerprint density at radius 3 is 2.75 bits per heavy atom. The highest BCUT2D eigenvalue weighted by Crippen LogP contribution is 2.40. The highest BCUT2D eigenvalue weighted by molar-refractivity contribution is 7.09. The minimum Gasteiger partial charge on any atom is -0.348 e. The molecule has 0 aliphatic carbocycles. The van der Waals surface area contributed by atoms with Crippen LogP contribution >= 0.6 is 11.3 Å². The molecule has 1 aromatic heterocycles. The second-order valence-electron chi connectivity index (χ2n) is 6.47. The number of hydrogen-bond acceptors (Lipinski definition) is 4. The molecule has 0 N–H and O–H groups in total. The molecule has 0 radical (unpaired) electrons. The molecule has 0 aromatic carbocycles. The normalized spacial score (nSPS) is 22.1. The number of rotatable bonds is 4. The molecule has 2 fully saturated rings. The van der Waals surface area contributed by atoms with Gasteiger partial charge < -0.3 is 4.90 Å². The lowest BCUT2D eigenvalue weighted by Gasteiger charge is -2.48. The molecule has 3 heterocycles.